The molecule has 1 aromatic carbocycles. The second kappa shape index (κ2) is 4.84. The normalized spacial score (nSPS) is 10.0. The number of hydrogen-bond acceptors (Lipinski definition) is 5. The number of benzene rings is 1. The summed E-state index contributed by atoms with van der Waals surface area (Å²) in [7, 11) is 0. The molecular weight excluding hydrogens is 222 g/mol. The van der Waals surface area contributed by atoms with Crippen molar-refractivity contribution < 1.29 is 4.42 Å². The van der Waals surface area contributed by atoms with Crippen molar-refractivity contribution in [2.24, 2.45) is 5.73 Å². The Morgan fingerprint density at radius 1 is 1.50 bits per heavy atom. The summed E-state index contributed by atoms with van der Waals surface area (Å²) in [6.45, 7) is 0.429. The van der Waals surface area contributed by atoms with E-state index >= 15 is 0 Å². The van der Waals surface area contributed by atoms with Gasteiger partial charge in [-0.3, -0.25) is 0 Å². The van der Waals surface area contributed by atoms with Gasteiger partial charge in [0.1, 0.15) is 12.3 Å². The van der Waals surface area contributed by atoms with Crippen molar-refractivity contribution in [3.63, 3.8) is 0 Å². The van der Waals surface area contributed by atoms with Gasteiger partial charge in [0.15, 0.2) is 0 Å². The van der Waals surface area contributed by atoms with Crippen LogP contribution in [0, 0.1) is 11.3 Å². The molecule has 2 N–H and O–H groups in total. The highest BCUT2D eigenvalue weighted by Gasteiger charge is 2.07. The maximum Gasteiger partial charge on any atom is 0.260 e. The molecule has 4 nitrogen and oxygen atoms in total. The number of nitrogens with two attached hydrogens (primary N) is 1. The van der Waals surface area contributed by atoms with Crippen molar-refractivity contribution in [3.8, 4) is 6.07 Å². The second-order valence-electron chi connectivity index (χ2n) is 3.05. The average Bonchev–Trinajstić information content (AvgIpc) is 2.82. The molecule has 0 aliphatic heterocycles. The van der Waals surface area contributed by atoms with E-state index in [4.69, 9.17) is 15.4 Å². The average molecular weight is 231 g/mol. The molecular formula is C11H9N3OS. The van der Waals surface area contributed by atoms with Crippen LogP contribution in [-0.2, 0) is 6.54 Å². The predicted octanol–water partition coefficient (Wildman–Crippen LogP) is 2.16. The number of nitrogens with zero attached hydrogens (tertiary/aromatic N) is 2. The molecule has 0 unspecified atom stereocenters. The fourth-order valence-corrected chi connectivity index (χ4v) is 1.99. The zero-order valence-electron chi connectivity index (χ0n) is 8.38. The van der Waals surface area contributed by atoms with Gasteiger partial charge in [-0.05, 0) is 29.5 Å². The zero-order valence-corrected chi connectivity index (χ0v) is 9.20. The lowest BCUT2D eigenvalue weighted by Gasteiger charge is -2.02. The molecule has 0 aliphatic carbocycles. The summed E-state index contributed by atoms with van der Waals surface area (Å²) in [4.78, 5) is 4.81. The van der Waals surface area contributed by atoms with Crippen LogP contribution < -0.4 is 5.73 Å². The molecule has 0 atom stereocenters. The Labute approximate surface area is 97.1 Å². The summed E-state index contributed by atoms with van der Waals surface area (Å²) in [6, 6.07) is 7.67. The standard InChI is InChI=1S/C11H9N3OS/c12-6-8-1-2-10(9(5-8)7-13)16-11-14-3-4-15-11/h1-5H,6,12H2. The summed E-state index contributed by atoms with van der Waals surface area (Å²) >= 11 is 1.32. The van der Waals surface area contributed by atoms with Gasteiger partial charge in [-0.2, -0.15) is 5.26 Å². The van der Waals surface area contributed by atoms with Crippen molar-refractivity contribution in [3.05, 3.63) is 41.8 Å². The fourth-order valence-electron chi connectivity index (χ4n) is 1.24. The third-order valence-corrected chi connectivity index (χ3v) is 2.96. The van der Waals surface area contributed by atoms with Crippen molar-refractivity contribution in [2.45, 2.75) is 16.7 Å². The summed E-state index contributed by atoms with van der Waals surface area (Å²) in [5, 5.41) is 9.54. The molecule has 0 fully saturated rings. The van der Waals surface area contributed by atoms with E-state index in [1.54, 1.807) is 12.3 Å². The largest absolute Gasteiger partial charge is 0.440 e. The maximum atomic E-state index is 9.01. The van der Waals surface area contributed by atoms with E-state index in [9.17, 15) is 0 Å². The second-order valence-corrected chi connectivity index (χ2v) is 4.04. The van der Waals surface area contributed by atoms with Gasteiger partial charge in [0.05, 0.1) is 11.8 Å². The first kappa shape index (κ1) is 10.7. The Morgan fingerprint density at radius 2 is 2.38 bits per heavy atom. The number of rotatable bonds is 3. The molecule has 2 rings (SSSR count). The minimum atomic E-state index is 0.429. The molecule has 0 amide bonds. The van der Waals surface area contributed by atoms with E-state index in [1.165, 1.54) is 18.0 Å². The first-order chi connectivity index (χ1) is 7.83. The van der Waals surface area contributed by atoms with Crippen LogP contribution in [0.2, 0.25) is 0 Å². The van der Waals surface area contributed by atoms with Crippen LogP contribution in [-0.4, -0.2) is 4.98 Å². The Hall–Kier alpha value is -1.77. The predicted molar refractivity (Wildman–Crippen MR) is 59.7 cm³/mol. The molecule has 0 spiro atoms. The summed E-state index contributed by atoms with van der Waals surface area (Å²) in [6.07, 6.45) is 3.07. The van der Waals surface area contributed by atoms with E-state index in [0.29, 0.717) is 17.3 Å². The number of oxazole rings is 1. The van der Waals surface area contributed by atoms with Crippen molar-refractivity contribution in [1.82, 2.24) is 4.98 Å². The lowest BCUT2D eigenvalue weighted by Crippen LogP contribution is -1.96. The third kappa shape index (κ3) is 2.24. The monoisotopic (exact) mass is 231 g/mol. The lowest BCUT2D eigenvalue weighted by atomic mass is 10.1. The molecule has 1 heterocycles. The van der Waals surface area contributed by atoms with Crippen LogP contribution in [0.5, 0.6) is 0 Å². The van der Waals surface area contributed by atoms with Crippen LogP contribution in [0.1, 0.15) is 11.1 Å². The van der Waals surface area contributed by atoms with Gasteiger partial charge in [0.2, 0.25) is 0 Å². The number of nitriles is 1. The van der Waals surface area contributed by atoms with Gasteiger partial charge in [-0.1, -0.05) is 6.07 Å². The Bertz CT molecular complexity index is 517. The molecule has 0 saturated heterocycles. The van der Waals surface area contributed by atoms with Crippen LogP contribution in [0.3, 0.4) is 0 Å². The van der Waals surface area contributed by atoms with Crippen LogP contribution in [0.25, 0.3) is 0 Å². The molecule has 0 bridgehead atoms. The minimum Gasteiger partial charge on any atom is -0.440 e. The van der Waals surface area contributed by atoms with Crippen molar-refractivity contribution in [2.75, 3.05) is 0 Å². The van der Waals surface area contributed by atoms with Crippen LogP contribution >= 0.6 is 11.8 Å². The minimum absolute atomic E-state index is 0.429. The lowest BCUT2D eigenvalue weighted by molar-refractivity contribution is 0.454. The Kier molecular flexibility index (Phi) is 3.25. The van der Waals surface area contributed by atoms with Crippen molar-refractivity contribution in [1.29, 1.82) is 5.26 Å². The molecule has 80 valence electrons. The molecule has 5 heteroatoms. The van der Waals surface area contributed by atoms with E-state index in [2.05, 4.69) is 11.1 Å². The van der Waals surface area contributed by atoms with E-state index in [1.807, 2.05) is 12.1 Å². The van der Waals surface area contributed by atoms with Gasteiger partial charge in [0.25, 0.3) is 5.22 Å². The topological polar surface area (TPSA) is 75.8 Å². The first-order valence-electron chi connectivity index (χ1n) is 4.64. The Morgan fingerprint density at radius 3 is 3.00 bits per heavy atom. The van der Waals surface area contributed by atoms with Gasteiger partial charge in [0, 0.05) is 11.4 Å². The maximum absolute atomic E-state index is 9.01. The summed E-state index contributed by atoms with van der Waals surface area (Å²) in [5.74, 6) is 0. The van der Waals surface area contributed by atoms with E-state index in [-0.39, 0.29) is 0 Å². The summed E-state index contributed by atoms with van der Waals surface area (Å²) < 4.78 is 5.11. The first-order valence-corrected chi connectivity index (χ1v) is 5.45. The van der Waals surface area contributed by atoms with Crippen molar-refractivity contribution >= 4 is 11.8 Å². The van der Waals surface area contributed by atoms with E-state index < -0.39 is 0 Å². The highest BCUT2D eigenvalue weighted by Crippen LogP contribution is 2.29. The third-order valence-electron chi connectivity index (χ3n) is 2.01. The zero-order chi connectivity index (χ0) is 11.4. The Balaban J connectivity index is 2.31. The molecule has 0 aliphatic rings. The van der Waals surface area contributed by atoms with Gasteiger partial charge in [-0.15, -0.1) is 0 Å². The molecule has 0 radical (unpaired) electrons. The highest BCUT2D eigenvalue weighted by molar-refractivity contribution is 7.99. The van der Waals surface area contributed by atoms with Gasteiger partial charge < -0.3 is 10.2 Å². The van der Waals surface area contributed by atoms with Gasteiger partial charge in [-0.25, -0.2) is 4.98 Å². The molecule has 0 saturated carbocycles. The molecule has 16 heavy (non-hydrogen) atoms. The SMILES string of the molecule is N#Cc1cc(CN)ccc1Sc1ncco1. The molecule has 1 aromatic heterocycles. The number of aromatic nitrogens is 1. The number of hydrogen-bond donors (Lipinski definition) is 1. The van der Waals surface area contributed by atoms with Gasteiger partial charge >= 0.3 is 0 Å². The summed E-state index contributed by atoms with van der Waals surface area (Å²) in [5.41, 5.74) is 7.04. The smallest absolute Gasteiger partial charge is 0.260 e. The fraction of sp³-hybridized carbons (Fsp3) is 0.0909. The quantitative estimate of drug-likeness (QED) is 0.875. The molecule has 2 aromatic rings. The van der Waals surface area contributed by atoms with Crippen LogP contribution in [0.15, 0.2) is 45.2 Å². The van der Waals surface area contributed by atoms with E-state index in [0.717, 1.165) is 10.5 Å². The van der Waals surface area contributed by atoms with Crippen LogP contribution in [0.4, 0.5) is 0 Å². The highest BCUT2D eigenvalue weighted by atomic mass is 32.2.